The number of aromatic carboxylic acids is 1. The number of aryl methyl sites for hydroxylation is 1. The lowest BCUT2D eigenvalue weighted by atomic mass is 10.2. The van der Waals surface area contributed by atoms with Crippen LogP contribution in [0.3, 0.4) is 0 Å². The molecule has 0 aromatic carbocycles. The van der Waals surface area contributed by atoms with Crippen molar-refractivity contribution in [2.45, 2.75) is 13.3 Å². The summed E-state index contributed by atoms with van der Waals surface area (Å²) in [4.78, 5) is 15.0. The van der Waals surface area contributed by atoms with E-state index in [-0.39, 0.29) is 11.4 Å². The zero-order chi connectivity index (χ0) is 11.5. The lowest BCUT2D eigenvalue weighted by Gasteiger charge is -2.08. The standard InChI is InChI=1S/C12H11NO3/c1-8-6-10(12(14)15)11(13-7-8)16-9-4-2-3-5-9/h2-4,6-7H,5H2,1H3,(H,14,15). The largest absolute Gasteiger partial charge is 0.477 e. The highest BCUT2D eigenvalue weighted by atomic mass is 16.5. The van der Waals surface area contributed by atoms with Gasteiger partial charge in [0.25, 0.3) is 0 Å². The van der Waals surface area contributed by atoms with Crippen LogP contribution in [0.25, 0.3) is 0 Å². The molecule has 0 bridgehead atoms. The van der Waals surface area contributed by atoms with E-state index in [1.54, 1.807) is 25.3 Å². The van der Waals surface area contributed by atoms with E-state index in [0.717, 1.165) is 5.56 Å². The highest BCUT2D eigenvalue weighted by Gasteiger charge is 2.15. The Morgan fingerprint density at radius 3 is 3.00 bits per heavy atom. The van der Waals surface area contributed by atoms with Crippen LogP contribution in [0.15, 0.2) is 36.3 Å². The Labute approximate surface area is 92.9 Å². The second-order valence-electron chi connectivity index (χ2n) is 3.54. The summed E-state index contributed by atoms with van der Waals surface area (Å²) in [5, 5.41) is 9.01. The third kappa shape index (κ3) is 2.11. The number of rotatable bonds is 3. The summed E-state index contributed by atoms with van der Waals surface area (Å²) in [5.41, 5.74) is 0.885. The topological polar surface area (TPSA) is 59.4 Å². The van der Waals surface area contributed by atoms with Crippen molar-refractivity contribution in [1.82, 2.24) is 4.98 Å². The van der Waals surface area contributed by atoms with Crippen LogP contribution in [0.2, 0.25) is 0 Å². The zero-order valence-electron chi connectivity index (χ0n) is 8.80. The van der Waals surface area contributed by atoms with E-state index in [0.29, 0.717) is 12.2 Å². The van der Waals surface area contributed by atoms with E-state index < -0.39 is 5.97 Å². The van der Waals surface area contributed by atoms with Gasteiger partial charge in [0.1, 0.15) is 11.3 Å². The van der Waals surface area contributed by atoms with Gasteiger partial charge in [0, 0.05) is 12.6 Å². The average Bonchev–Trinajstić information content (AvgIpc) is 2.73. The Morgan fingerprint density at radius 1 is 1.56 bits per heavy atom. The highest BCUT2D eigenvalue weighted by molar-refractivity contribution is 5.90. The molecule has 0 saturated heterocycles. The van der Waals surface area contributed by atoms with E-state index in [2.05, 4.69) is 4.98 Å². The quantitative estimate of drug-likeness (QED) is 0.844. The van der Waals surface area contributed by atoms with Gasteiger partial charge in [-0.05, 0) is 24.6 Å². The van der Waals surface area contributed by atoms with E-state index in [4.69, 9.17) is 9.84 Å². The molecule has 0 amide bonds. The molecule has 0 atom stereocenters. The first-order chi connectivity index (χ1) is 7.66. The summed E-state index contributed by atoms with van der Waals surface area (Å²) in [6, 6.07) is 1.55. The van der Waals surface area contributed by atoms with Crippen LogP contribution >= 0.6 is 0 Å². The molecule has 4 heteroatoms. The lowest BCUT2D eigenvalue weighted by molar-refractivity contribution is 0.0692. The van der Waals surface area contributed by atoms with Crippen molar-refractivity contribution in [1.29, 1.82) is 0 Å². The second-order valence-corrected chi connectivity index (χ2v) is 3.54. The first-order valence-corrected chi connectivity index (χ1v) is 4.90. The maximum atomic E-state index is 11.0. The Balaban J connectivity index is 2.29. The number of carbonyl (C=O) groups is 1. The van der Waals surface area contributed by atoms with Crippen LogP contribution in [-0.2, 0) is 0 Å². The Kier molecular flexibility index (Phi) is 2.72. The number of ether oxygens (including phenoxy) is 1. The van der Waals surface area contributed by atoms with E-state index in [9.17, 15) is 4.79 Å². The van der Waals surface area contributed by atoms with Gasteiger partial charge in [0.05, 0.1) is 0 Å². The van der Waals surface area contributed by atoms with Crippen LogP contribution in [0, 0.1) is 6.92 Å². The Hall–Kier alpha value is -2.10. The summed E-state index contributed by atoms with van der Waals surface area (Å²) >= 11 is 0. The molecule has 0 saturated carbocycles. The number of pyridine rings is 1. The number of hydrogen-bond acceptors (Lipinski definition) is 3. The molecule has 0 unspecified atom stereocenters. The number of carboxylic acids is 1. The smallest absolute Gasteiger partial charge is 0.341 e. The Morgan fingerprint density at radius 2 is 2.38 bits per heavy atom. The monoisotopic (exact) mass is 217 g/mol. The van der Waals surface area contributed by atoms with Crippen molar-refractivity contribution in [2.24, 2.45) is 0 Å². The van der Waals surface area contributed by atoms with Crippen LogP contribution in [0.1, 0.15) is 22.3 Å². The van der Waals surface area contributed by atoms with Crippen LogP contribution in [-0.4, -0.2) is 16.1 Å². The minimum Gasteiger partial charge on any atom is -0.477 e. The van der Waals surface area contributed by atoms with Crippen molar-refractivity contribution in [3.63, 3.8) is 0 Å². The van der Waals surface area contributed by atoms with Crippen molar-refractivity contribution in [2.75, 3.05) is 0 Å². The van der Waals surface area contributed by atoms with Gasteiger partial charge in [0.2, 0.25) is 5.88 Å². The molecule has 1 heterocycles. The van der Waals surface area contributed by atoms with Crippen LogP contribution in [0.5, 0.6) is 5.88 Å². The fourth-order valence-corrected chi connectivity index (χ4v) is 1.42. The van der Waals surface area contributed by atoms with Crippen molar-refractivity contribution in [3.8, 4) is 5.88 Å². The summed E-state index contributed by atoms with van der Waals surface area (Å²) < 4.78 is 5.43. The van der Waals surface area contributed by atoms with Gasteiger partial charge in [0.15, 0.2) is 0 Å². The van der Waals surface area contributed by atoms with Gasteiger partial charge in [-0.1, -0.05) is 12.2 Å². The fourth-order valence-electron chi connectivity index (χ4n) is 1.42. The molecule has 1 aliphatic rings. The van der Waals surface area contributed by atoms with Crippen LogP contribution in [0.4, 0.5) is 0 Å². The van der Waals surface area contributed by atoms with E-state index >= 15 is 0 Å². The van der Waals surface area contributed by atoms with Crippen molar-refractivity contribution < 1.29 is 14.6 Å². The number of hydrogen-bond donors (Lipinski definition) is 1. The van der Waals surface area contributed by atoms with Gasteiger partial charge >= 0.3 is 5.97 Å². The number of allylic oxidation sites excluding steroid dienone is 3. The first-order valence-electron chi connectivity index (χ1n) is 4.90. The number of aromatic nitrogens is 1. The van der Waals surface area contributed by atoms with Crippen LogP contribution < -0.4 is 4.74 Å². The molecule has 1 aromatic rings. The summed E-state index contributed by atoms with van der Waals surface area (Å²) in [7, 11) is 0. The third-order valence-corrected chi connectivity index (χ3v) is 2.18. The molecule has 4 nitrogen and oxygen atoms in total. The molecule has 1 N–H and O–H groups in total. The molecular formula is C12H11NO3. The molecular weight excluding hydrogens is 206 g/mol. The molecule has 82 valence electrons. The maximum absolute atomic E-state index is 11.0. The maximum Gasteiger partial charge on any atom is 0.341 e. The third-order valence-electron chi connectivity index (χ3n) is 2.18. The van der Waals surface area contributed by atoms with Gasteiger partial charge in [-0.25, -0.2) is 9.78 Å². The molecule has 0 spiro atoms. The molecule has 1 aliphatic carbocycles. The van der Waals surface area contributed by atoms with Gasteiger partial charge in [-0.2, -0.15) is 0 Å². The van der Waals surface area contributed by atoms with Crippen molar-refractivity contribution in [3.05, 3.63) is 47.4 Å². The van der Waals surface area contributed by atoms with Gasteiger partial charge in [-0.3, -0.25) is 0 Å². The molecule has 2 rings (SSSR count). The number of nitrogens with zero attached hydrogens (tertiary/aromatic N) is 1. The highest BCUT2D eigenvalue weighted by Crippen LogP contribution is 2.21. The lowest BCUT2D eigenvalue weighted by Crippen LogP contribution is -2.05. The SMILES string of the molecule is Cc1cnc(OC2=CC=CC2)c(C(=O)O)c1. The van der Waals surface area contributed by atoms with Gasteiger partial charge < -0.3 is 9.84 Å². The van der Waals surface area contributed by atoms with E-state index in [1.807, 2.05) is 12.2 Å². The summed E-state index contributed by atoms with van der Waals surface area (Å²) in [5.74, 6) is -0.176. The molecule has 0 fully saturated rings. The zero-order valence-corrected chi connectivity index (χ0v) is 8.80. The summed E-state index contributed by atoms with van der Waals surface area (Å²) in [6.07, 6.45) is 7.86. The number of carboxylic acid groups (broad SMARTS) is 1. The van der Waals surface area contributed by atoms with E-state index in [1.165, 1.54) is 0 Å². The molecule has 0 radical (unpaired) electrons. The second kappa shape index (κ2) is 4.18. The average molecular weight is 217 g/mol. The minimum atomic E-state index is -1.03. The molecule has 0 aliphatic heterocycles. The summed E-state index contributed by atoms with van der Waals surface area (Å²) in [6.45, 7) is 1.79. The first kappa shape index (κ1) is 10.4. The normalized spacial score (nSPS) is 13.7. The van der Waals surface area contributed by atoms with Crippen molar-refractivity contribution >= 4 is 5.97 Å². The predicted molar refractivity (Wildman–Crippen MR) is 58.4 cm³/mol. The Bertz CT molecular complexity index is 489. The fraction of sp³-hybridized carbons (Fsp3) is 0.167. The molecule has 1 aromatic heterocycles. The molecule has 16 heavy (non-hydrogen) atoms. The van der Waals surface area contributed by atoms with Gasteiger partial charge in [-0.15, -0.1) is 0 Å². The predicted octanol–water partition coefficient (Wildman–Crippen LogP) is 2.31. The minimum absolute atomic E-state index is 0.0906.